The van der Waals surface area contributed by atoms with Gasteiger partial charge in [0.2, 0.25) is 5.91 Å². The first kappa shape index (κ1) is 19.9. The predicted octanol–water partition coefficient (Wildman–Crippen LogP) is 1.32. The molecule has 10 heteroatoms. The Balaban J connectivity index is 1.74. The van der Waals surface area contributed by atoms with E-state index in [-0.39, 0.29) is 13.2 Å². The Labute approximate surface area is 165 Å². The molecule has 1 atom stereocenters. The summed E-state index contributed by atoms with van der Waals surface area (Å²) in [6, 6.07) is 9.72. The van der Waals surface area contributed by atoms with Crippen LogP contribution in [-0.4, -0.2) is 46.1 Å². The Kier molecular flexibility index (Phi) is 5.78. The van der Waals surface area contributed by atoms with Gasteiger partial charge >= 0.3 is 0 Å². The van der Waals surface area contributed by atoms with Crippen LogP contribution in [0.2, 0.25) is 0 Å². The average molecular weight is 398 g/mol. The van der Waals surface area contributed by atoms with Crippen molar-refractivity contribution in [1.82, 2.24) is 9.47 Å². The van der Waals surface area contributed by atoms with Gasteiger partial charge in [-0.25, -0.2) is 0 Å². The standard InChI is InChI=1S/C19H18N4O6/c1-2-21(10-15-12-28-16-5-3-4-6-17(16)29-15)18(24)11-22-9-14(23(26)27)7-13(8-20)19(22)25/h3-7,9,15H,2,10-12H2,1H3/t15-/m1/s1. The van der Waals surface area contributed by atoms with E-state index >= 15 is 0 Å². The summed E-state index contributed by atoms with van der Waals surface area (Å²) in [7, 11) is 0. The minimum atomic E-state index is -0.756. The van der Waals surface area contributed by atoms with Gasteiger partial charge in [-0.2, -0.15) is 5.26 Å². The Morgan fingerprint density at radius 1 is 1.41 bits per heavy atom. The monoisotopic (exact) mass is 398 g/mol. The summed E-state index contributed by atoms with van der Waals surface area (Å²) in [6.45, 7) is 2.17. The maximum Gasteiger partial charge on any atom is 0.287 e. The molecule has 1 amide bonds. The second-order valence-electron chi connectivity index (χ2n) is 6.34. The van der Waals surface area contributed by atoms with E-state index in [4.69, 9.17) is 14.7 Å². The van der Waals surface area contributed by atoms with Gasteiger partial charge in [-0.3, -0.25) is 24.3 Å². The molecule has 2 aromatic rings. The second kappa shape index (κ2) is 8.43. The normalized spacial score (nSPS) is 14.7. The van der Waals surface area contributed by atoms with Crippen molar-refractivity contribution >= 4 is 11.6 Å². The van der Waals surface area contributed by atoms with Crippen molar-refractivity contribution in [3.8, 4) is 17.6 Å². The van der Waals surface area contributed by atoms with E-state index in [1.54, 1.807) is 25.1 Å². The number of rotatable bonds is 6. The van der Waals surface area contributed by atoms with E-state index in [0.29, 0.717) is 18.0 Å². The fourth-order valence-corrected chi connectivity index (χ4v) is 2.97. The summed E-state index contributed by atoms with van der Waals surface area (Å²) in [6.07, 6.45) is 0.566. The number of nitro groups is 1. The molecule has 0 saturated heterocycles. The number of pyridine rings is 1. The first-order valence-electron chi connectivity index (χ1n) is 8.88. The molecule has 1 aromatic carbocycles. The Bertz CT molecular complexity index is 1040. The fourth-order valence-electron chi connectivity index (χ4n) is 2.97. The topological polar surface area (TPSA) is 128 Å². The first-order chi connectivity index (χ1) is 13.9. The molecule has 1 aliphatic heterocycles. The second-order valence-corrected chi connectivity index (χ2v) is 6.34. The molecule has 0 saturated carbocycles. The number of fused-ring (bicyclic) bond motifs is 1. The molecule has 0 unspecified atom stereocenters. The summed E-state index contributed by atoms with van der Waals surface area (Å²) >= 11 is 0. The van der Waals surface area contributed by atoms with Crippen molar-refractivity contribution in [2.75, 3.05) is 19.7 Å². The van der Waals surface area contributed by atoms with Crippen LogP contribution in [0.5, 0.6) is 11.5 Å². The number of benzene rings is 1. The van der Waals surface area contributed by atoms with Gasteiger partial charge < -0.3 is 14.4 Å². The lowest BCUT2D eigenvalue weighted by Crippen LogP contribution is -2.45. The summed E-state index contributed by atoms with van der Waals surface area (Å²) < 4.78 is 12.4. The van der Waals surface area contributed by atoms with E-state index in [2.05, 4.69) is 0 Å². The summed E-state index contributed by atoms with van der Waals surface area (Å²) in [5.41, 5.74) is -1.58. The number of nitriles is 1. The smallest absolute Gasteiger partial charge is 0.287 e. The lowest BCUT2D eigenvalue weighted by molar-refractivity contribution is -0.385. The molecule has 1 aromatic heterocycles. The van der Waals surface area contributed by atoms with Crippen molar-refractivity contribution in [2.45, 2.75) is 19.6 Å². The molecular formula is C19H18N4O6. The summed E-state index contributed by atoms with van der Waals surface area (Å²) in [5, 5.41) is 20.1. The minimum absolute atomic E-state index is 0.221. The molecule has 1 aliphatic rings. The van der Waals surface area contributed by atoms with E-state index in [9.17, 15) is 19.7 Å². The lowest BCUT2D eigenvalue weighted by Gasteiger charge is -2.31. The molecule has 3 rings (SSSR count). The van der Waals surface area contributed by atoms with E-state index in [1.807, 2.05) is 12.1 Å². The number of amides is 1. The fraction of sp³-hybridized carbons (Fsp3) is 0.316. The number of para-hydroxylation sites is 2. The first-order valence-corrected chi connectivity index (χ1v) is 8.88. The molecule has 0 fully saturated rings. The van der Waals surface area contributed by atoms with Gasteiger partial charge in [-0.15, -0.1) is 0 Å². The van der Waals surface area contributed by atoms with Crippen LogP contribution >= 0.6 is 0 Å². The van der Waals surface area contributed by atoms with Gasteiger partial charge in [0, 0.05) is 12.6 Å². The molecular weight excluding hydrogens is 380 g/mol. The Morgan fingerprint density at radius 3 is 2.79 bits per heavy atom. The highest BCUT2D eigenvalue weighted by molar-refractivity contribution is 5.76. The third kappa shape index (κ3) is 4.35. The zero-order chi connectivity index (χ0) is 21.0. The molecule has 0 bridgehead atoms. The highest BCUT2D eigenvalue weighted by atomic mass is 16.6. The van der Waals surface area contributed by atoms with Crippen LogP contribution in [0, 0.1) is 21.4 Å². The quantitative estimate of drug-likeness (QED) is 0.530. The van der Waals surface area contributed by atoms with Crippen LogP contribution in [0.4, 0.5) is 5.69 Å². The molecule has 2 heterocycles. The highest BCUT2D eigenvalue weighted by Crippen LogP contribution is 2.31. The van der Waals surface area contributed by atoms with E-state index in [1.165, 1.54) is 4.90 Å². The Morgan fingerprint density at radius 2 is 2.14 bits per heavy atom. The molecule has 29 heavy (non-hydrogen) atoms. The SMILES string of the molecule is CCN(C[C@@H]1COc2ccccc2O1)C(=O)Cn1cc([N+](=O)[O-])cc(C#N)c1=O. The third-order valence-corrected chi connectivity index (χ3v) is 4.43. The van der Waals surface area contributed by atoms with Crippen LogP contribution in [0.25, 0.3) is 0 Å². The summed E-state index contributed by atoms with van der Waals surface area (Å²) in [4.78, 5) is 36.7. The number of nitrogens with zero attached hydrogens (tertiary/aromatic N) is 4. The van der Waals surface area contributed by atoms with Gasteiger partial charge in [-0.1, -0.05) is 12.1 Å². The minimum Gasteiger partial charge on any atom is -0.486 e. The molecule has 0 radical (unpaired) electrons. The maximum atomic E-state index is 12.7. The van der Waals surface area contributed by atoms with Crippen LogP contribution in [-0.2, 0) is 11.3 Å². The highest BCUT2D eigenvalue weighted by Gasteiger charge is 2.25. The lowest BCUT2D eigenvalue weighted by atomic mass is 10.2. The molecule has 10 nitrogen and oxygen atoms in total. The van der Waals surface area contributed by atoms with Gasteiger partial charge in [-0.05, 0) is 19.1 Å². The van der Waals surface area contributed by atoms with E-state index in [0.717, 1.165) is 16.8 Å². The van der Waals surface area contributed by atoms with Crippen LogP contribution in [0.1, 0.15) is 12.5 Å². The number of likely N-dealkylation sites (N-methyl/N-ethyl adjacent to an activating group) is 1. The van der Waals surface area contributed by atoms with Crippen molar-refractivity contribution in [3.05, 3.63) is 62.6 Å². The van der Waals surface area contributed by atoms with Crippen molar-refractivity contribution in [3.63, 3.8) is 0 Å². The predicted molar refractivity (Wildman–Crippen MR) is 101 cm³/mol. The molecule has 0 spiro atoms. The number of aromatic nitrogens is 1. The van der Waals surface area contributed by atoms with Gasteiger partial charge in [0.25, 0.3) is 11.2 Å². The number of hydrogen-bond donors (Lipinski definition) is 0. The molecule has 0 aliphatic carbocycles. The number of hydrogen-bond acceptors (Lipinski definition) is 7. The third-order valence-electron chi connectivity index (χ3n) is 4.43. The van der Waals surface area contributed by atoms with Crippen molar-refractivity contribution < 1.29 is 19.2 Å². The maximum absolute atomic E-state index is 12.7. The summed E-state index contributed by atoms with van der Waals surface area (Å²) in [5.74, 6) is 0.785. The average Bonchev–Trinajstić information content (AvgIpc) is 2.73. The van der Waals surface area contributed by atoms with Gasteiger partial charge in [0.05, 0.1) is 17.7 Å². The van der Waals surface area contributed by atoms with Crippen LogP contribution in [0.3, 0.4) is 0 Å². The van der Waals surface area contributed by atoms with E-state index < -0.39 is 40.3 Å². The zero-order valence-electron chi connectivity index (χ0n) is 15.6. The van der Waals surface area contributed by atoms with Crippen LogP contribution in [0.15, 0.2) is 41.3 Å². The van der Waals surface area contributed by atoms with Crippen LogP contribution < -0.4 is 15.0 Å². The largest absolute Gasteiger partial charge is 0.486 e. The molecule has 150 valence electrons. The number of carbonyl (C=O) groups excluding carboxylic acids is 1. The molecule has 0 N–H and O–H groups in total. The number of carbonyl (C=O) groups is 1. The van der Waals surface area contributed by atoms with Gasteiger partial charge in [0.1, 0.15) is 24.8 Å². The van der Waals surface area contributed by atoms with Crippen molar-refractivity contribution in [1.29, 1.82) is 5.26 Å². The zero-order valence-corrected chi connectivity index (χ0v) is 15.6. The number of ether oxygens (including phenoxy) is 2. The van der Waals surface area contributed by atoms with Crippen molar-refractivity contribution in [2.24, 2.45) is 0 Å². The Hall–Kier alpha value is -3.87. The van der Waals surface area contributed by atoms with Gasteiger partial charge in [0.15, 0.2) is 17.6 Å².